The van der Waals surface area contributed by atoms with E-state index in [1.54, 1.807) is 12.1 Å². The molecular formula is C12H13BrClNO5S. The Hall–Kier alpha value is -1.12. The SMILES string of the molecule is CC(=O)N[C@@H](CS(=O)(=O)Cc1ccc(Br)cc1Cl)C(=O)O. The van der Waals surface area contributed by atoms with E-state index in [2.05, 4.69) is 21.2 Å². The van der Waals surface area contributed by atoms with Gasteiger partial charge in [0.2, 0.25) is 5.91 Å². The fourth-order valence-corrected chi connectivity index (χ4v) is 4.01. The molecule has 0 radical (unpaired) electrons. The molecule has 0 aromatic heterocycles. The van der Waals surface area contributed by atoms with Gasteiger partial charge in [-0.1, -0.05) is 33.6 Å². The van der Waals surface area contributed by atoms with Crippen LogP contribution in [0.4, 0.5) is 0 Å². The first-order chi connectivity index (χ1) is 9.60. The molecule has 1 amide bonds. The Bertz CT molecular complexity index is 662. The molecule has 6 nitrogen and oxygen atoms in total. The van der Waals surface area contributed by atoms with Crippen LogP contribution in [-0.2, 0) is 25.2 Å². The minimum Gasteiger partial charge on any atom is -0.480 e. The highest BCUT2D eigenvalue weighted by molar-refractivity contribution is 9.10. The predicted octanol–water partition coefficient (Wildman–Crippen LogP) is 1.61. The first-order valence-electron chi connectivity index (χ1n) is 5.75. The summed E-state index contributed by atoms with van der Waals surface area (Å²) >= 11 is 9.14. The molecule has 1 rings (SSSR count). The Labute approximate surface area is 135 Å². The summed E-state index contributed by atoms with van der Waals surface area (Å²) in [4.78, 5) is 21.9. The Morgan fingerprint density at radius 3 is 2.52 bits per heavy atom. The molecule has 0 aliphatic heterocycles. The van der Waals surface area contributed by atoms with Crippen LogP contribution in [0.25, 0.3) is 0 Å². The van der Waals surface area contributed by atoms with E-state index in [9.17, 15) is 18.0 Å². The maximum atomic E-state index is 12.0. The van der Waals surface area contributed by atoms with Crippen molar-refractivity contribution in [2.24, 2.45) is 0 Å². The van der Waals surface area contributed by atoms with Crippen molar-refractivity contribution in [1.82, 2.24) is 5.32 Å². The van der Waals surface area contributed by atoms with E-state index in [-0.39, 0.29) is 5.02 Å². The van der Waals surface area contributed by atoms with Crippen LogP contribution < -0.4 is 5.32 Å². The fraction of sp³-hybridized carbons (Fsp3) is 0.333. The summed E-state index contributed by atoms with van der Waals surface area (Å²) in [5.74, 6) is -3.12. The molecule has 116 valence electrons. The lowest BCUT2D eigenvalue weighted by molar-refractivity contribution is -0.140. The molecule has 1 aromatic rings. The van der Waals surface area contributed by atoms with Crippen LogP contribution >= 0.6 is 27.5 Å². The summed E-state index contributed by atoms with van der Waals surface area (Å²) in [5.41, 5.74) is 0.367. The van der Waals surface area contributed by atoms with Gasteiger partial charge in [0.15, 0.2) is 9.84 Å². The second-order valence-electron chi connectivity index (χ2n) is 4.38. The number of benzene rings is 1. The molecule has 21 heavy (non-hydrogen) atoms. The molecule has 0 aliphatic carbocycles. The van der Waals surface area contributed by atoms with Crippen LogP contribution in [0, 0.1) is 0 Å². The van der Waals surface area contributed by atoms with Crippen molar-refractivity contribution in [3.8, 4) is 0 Å². The number of carbonyl (C=O) groups excluding carboxylic acids is 1. The topological polar surface area (TPSA) is 101 Å². The van der Waals surface area contributed by atoms with E-state index in [1.165, 1.54) is 6.07 Å². The van der Waals surface area contributed by atoms with Crippen molar-refractivity contribution in [1.29, 1.82) is 0 Å². The van der Waals surface area contributed by atoms with E-state index >= 15 is 0 Å². The number of sulfone groups is 1. The number of hydrogen-bond donors (Lipinski definition) is 2. The first-order valence-corrected chi connectivity index (χ1v) is 8.74. The molecule has 0 bridgehead atoms. The predicted molar refractivity (Wildman–Crippen MR) is 81.9 cm³/mol. The van der Waals surface area contributed by atoms with E-state index < -0.39 is 39.3 Å². The Morgan fingerprint density at radius 2 is 2.05 bits per heavy atom. The molecule has 0 unspecified atom stereocenters. The summed E-state index contributed by atoms with van der Waals surface area (Å²) in [6, 6.07) is 3.24. The van der Waals surface area contributed by atoms with E-state index in [4.69, 9.17) is 16.7 Å². The maximum absolute atomic E-state index is 12.0. The van der Waals surface area contributed by atoms with Crippen LogP contribution in [0.5, 0.6) is 0 Å². The first kappa shape index (κ1) is 17.9. The molecule has 0 spiro atoms. The van der Waals surface area contributed by atoms with Gasteiger partial charge in [-0.2, -0.15) is 0 Å². The van der Waals surface area contributed by atoms with Crippen molar-refractivity contribution < 1.29 is 23.1 Å². The zero-order valence-corrected chi connectivity index (χ0v) is 14.1. The zero-order chi connectivity index (χ0) is 16.2. The minimum absolute atomic E-state index is 0.263. The summed E-state index contributed by atoms with van der Waals surface area (Å²) in [5, 5.41) is 11.3. The molecule has 0 heterocycles. The van der Waals surface area contributed by atoms with Gasteiger partial charge in [0.05, 0.1) is 11.5 Å². The van der Waals surface area contributed by atoms with Crippen LogP contribution in [0.1, 0.15) is 12.5 Å². The number of carboxylic acid groups (broad SMARTS) is 1. The monoisotopic (exact) mass is 397 g/mol. The summed E-state index contributed by atoms with van der Waals surface area (Å²) in [7, 11) is -3.76. The van der Waals surface area contributed by atoms with Crippen molar-refractivity contribution in [3.63, 3.8) is 0 Å². The quantitative estimate of drug-likeness (QED) is 0.758. The number of nitrogens with one attached hydrogen (secondary N) is 1. The van der Waals surface area contributed by atoms with Gasteiger partial charge >= 0.3 is 5.97 Å². The molecule has 9 heteroatoms. The third-order valence-electron chi connectivity index (χ3n) is 2.49. The number of halogens is 2. The van der Waals surface area contributed by atoms with Crippen LogP contribution in [0.15, 0.2) is 22.7 Å². The van der Waals surface area contributed by atoms with Crippen molar-refractivity contribution >= 4 is 49.2 Å². The van der Waals surface area contributed by atoms with E-state index in [0.717, 1.165) is 6.92 Å². The van der Waals surface area contributed by atoms with Gasteiger partial charge in [0.1, 0.15) is 6.04 Å². The second-order valence-corrected chi connectivity index (χ2v) is 7.81. The van der Waals surface area contributed by atoms with Gasteiger partial charge in [-0.05, 0) is 17.7 Å². The zero-order valence-electron chi connectivity index (χ0n) is 11.0. The Morgan fingerprint density at radius 1 is 1.43 bits per heavy atom. The third-order valence-corrected chi connectivity index (χ3v) is 4.92. The largest absolute Gasteiger partial charge is 0.480 e. The number of aliphatic carboxylic acids is 1. The number of hydrogen-bond acceptors (Lipinski definition) is 4. The fourth-order valence-electron chi connectivity index (χ4n) is 1.61. The molecule has 0 saturated heterocycles. The smallest absolute Gasteiger partial charge is 0.327 e. The van der Waals surface area contributed by atoms with Gasteiger partial charge < -0.3 is 10.4 Å². The number of amides is 1. The molecule has 0 saturated carbocycles. The number of carboxylic acids is 1. The minimum atomic E-state index is -3.76. The van der Waals surface area contributed by atoms with Gasteiger partial charge in [0.25, 0.3) is 0 Å². The van der Waals surface area contributed by atoms with Gasteiger partial charge in [0, 0.05) is 16.4 Å². The highest BCUT2D eigenvalue weighted by Crippen LogP contribution is 2.23. The van der Waals surface area contributed by atoms with Crippen LogP contribution in [0.2, 0.25) is 5.02 Å². The van der Waals surface area contributed by atoms with Crippen LogP contribution in [-0.4, -0.2) is 37.2 Å². The van der Waals surface area contributed by atoms with E-state index in [0.29, 0.717) is 10.0 Å². The van der Waals surface area contributed by atoms with Crippen molar-refractivity contribution in [2.45, 2.75) is 18.7 Å². The normalized spacial score (nSPS) is 12.7. The molecule has 2 N–H and O–H groups in total. The Balaban J connectivity index is 2.90. The molecule has 0 fully saturated rings. The Kier molecular flexibility index (Phi) is 6.18. The molecular weight excluding hydrogens is 386 g/mol. The van der Waals surface area contributed by atoms with Crippen molar-refractivity contribution in [2.75, 3.05) is 5.75 Å². The molecule has 1 aromatic carbocycles. The average molecular weight is 399 g/mol. The van der Waals surface area contributed by atoms with Crippen molar-refractivity contribution in [3.05, 3.63) is 33.3 Å². The summed E-state index contributed by atoms with van der Waals surface area (Å²) in [6.07, 6.45) is 0. The highest BCUT2D eigenvalue weighted by Gasteiger charge is 2.26. The van der Waals surface area contributed by atoms with Crippen LogP contribution in [0.3, 0.4) is 0 Å². The highest BCUT2D eigenvalue weighted by atomic mass is 79.9. The summed E-state index contributed by atoms with van der Waals surface area (Å²) < 4.78 is 24.8. The number of rotatable bonds is 6. The lowest BCUT2D eigenvalue weighted by Gasteiger charge is -2.14. The second kappa shape index (κ2) is 7.24. The standard InChI is InChI=1S/C12H13BrClNO5S/c1-7(16)15-11(12(17)18)6-21(19,20)5-8-2-3-9(13)4-10(8)14/h2-4,11H,5-6H2,1H3,(H,15,16)(H,17,18)/t11-/m0/s1. The molecule has 1 atom stereocenters. The third kappa shape index (κ3) is 6.03. The summed E-state index contributed by atoms with van der Waals surface area (Å²) in [6.45, 7) is 1.12. The lowest BCUT2D eigenvalue weighted by atomic mass is 10.2. The average Bonchev–Trinajstić information content (AvgIpc) is 2.31. The van der Waals surface area contributed by atoms with Gasteiger partial charge in [-0.15, -0.1) is 0 Å². The van der Waals surface area contributed by atoms with Gasteiger partial charge in [-0.3, -0.25) is 4.79 Å². The molecule has 0 aliphatic rings. The maximum Gasteiger partial charge on any atom is 0.327 e. The van der Waals surface area contributed by atoms with Gasteiger partial charge in [-0.25, -0.2) is 13.2 Å². The van der Waals surface area contributed by atoms with E-state index in [1.807, 2.05) is 0 Å². The lowest BCUT2D eigenvalue weighted by Crippen LogP contribution is -2.44. The number of carbonyl (C=O) groups is 2.